The molecule has 0 unspecified atom stereocenters. The van der Waals surface area contributed by atoms with E-state index in [1.54, 1.807) is 24.3 Å². The Morgan fingerprint density at radius 3 is 2.19 bits per heavy atom. The van der Waals surface area contributed by atoms with E-state index in [0.29, 0.717) is 5.69 Å². The molecule has 3 aromatic carbocycles. The monoisotopic (exact) mass is 525 g/mol. The minimum atomic E-state index is -3.85. The van der Waals surface area contributed by atoms with Gasteiger partial charge < -0.3 is 4.57 Å². The first-order valence-electron chi connectivity index (χ1n) is 12.4. The highest BCUT2D eigenvalue weighted by Gasteiger charge is 2.29. The Morgan fingerprint density at radius 2 is 1.51 bits per heavy atom. The molecule has 1 N–H and O–H groups in total. The smallest absolute Gasteiger partial charge is 0.262 e. The lowest BCUT2D eigenvalue weighted by molar-refractivity contribution is 0.593. The number of aryl methyl sites for hydroxylation is 3. The SMILES string of the molecule is Cc1ccc(S(=O)(=O)NC(=S)c2c(-c3ccccc3)c3c4n(c(-c5ccccc5)cn24)CCCC3)cc1. The standard InChI is InChI=1S/C30H27N3O2S2/c1-21-15-17-24(18-16-21)37(34,35)31-29(36)28-27(23-12-6-3-7-13-23)25-14-8-9-19-32-26(20-33(28)30(25)32)22-10-4-2-5-11-22/h2-7,10-13,15-18,20H,8-9,14,19H2,1H3,(H,31,36). The molecule has 186 valence electrons. The van der Waals surface area contributed by atoms with Crippen LogP contribution in [0.25, 0.3) is 28.0 Å². The second kappa shape index (κ2) is 9.32. The fraction of sp³-hybridized carbons (Fsp3) is 0.167. The maximum atomic E-state index is 13.3. The highest BCUT2D eigenvalue weighted by atomic mass is 32.2. The van der Waals surface area contributed by atoms with E-state index in [2.05, 4.69) is 44.2 Å². The van der Waals surface area contributed by atoms with E-state index in [1.807, 2.05) is 43.3 Å². The lowest BCUT2D eigenvalue weighted by Crippen LogP contribution is -2.31. The molecule has 0 fully saturated rings. The van der Waals surface area contributed by atoms with E-state index in [9.17, 15) is 8.42 Å². The van der Waals surface area contributed by atoms with Crippen LogP contribution in [-0.4, -0.2) is 22.4 Å². The van der Waals surface area contributed by atoms with Crippen LogP contribution < -0.4 is 4.72 Å². The summed E-state index contributed by atoms with van der Waals surface area (Å²) in [6, 6.07) is 27.3. The van der Waals surface area contributed by atoms with Crippen LogP contribution in [0.3, 0.4) is 0 Å². The Bertz CT molecular complexity index is 1720. The second-order valence-electron chi connectivity index (χ2n) is 9.50. The zero-order valence-corrected chi connectivity index (χ0v) is 22.1. The topological polar surface area (TPSA) is 55.5 Å². The van der Waals surface area contributed by atoms with Crippen molar-refractivity contribution in [2.45, 2.75) is 37.6 Å². The van der Waals surface area contributed by atoms with Crippen LogP contribution in [0.1, 0.15) is 29.7 Å². The van der Waals surface area contributed by atoms with Crippen molar-refractivity contribution in [2.24, 2.45) is 0 Å². The quantitative estimate of drug-likeness (QED) is 0.271. The Kier molecular flexibility index (Phi) is 5.97. The molecule has 0 aliphatic carbocycles. The zero-order chi connectivity index (χ0) is 25.6. The summed E-state index contributed by atoms with van der Waals surface area (Å²) in [5.41, 5.74) is 8.25. The summed E-state index contributed by atoms with van der Waals surface area (Å²) in [4.78, 5) is 0.386. The van der Waals surface area contributed by atoms with Crippen molar-refractivity contribution in [3.05, 3.63) is 108 Å². The van der Waals surface area contributed by atoms with Crippen LogP contribution in [0.5, 0.6) is 0 Å². The van der Waals surface area contributed by atoms with Crippen molar-refractivity contribution >= 4 is 32.9 Å². The van der Waals surface area contributed by atoms with Crippen molar-refractivity contribution in [2.75, 3.05) is 0 Å². The predicted octanol–water partition coefficient (Wildman–Crippen LogP) is 6.37. The molecular weight excluding hydrogens is 498 g/mol. The van der Waals surface area contributed by atoms with E-state index in [-0.39, 0.29) is 9.88 Å². The van der Waals surface area contributed by atoms with Crippen molar-refractivity contribution < 1.29 is 8.42 Å². The van der Waals surface area contributed by atoms with Gasteiger partial charge in [0.05, 0.1) is 16.3 Å². The Balaban J connectivity index is 1.58. The van der Waals surface area contributed by atoms with Crippen LogP contribution in [0.4, 0.5) is 0 Å². The number of imidazole rings is 1. The number of nitrogens with zero attached hydrogens (tertiary/aromatic N) is 2. The van der Waals surface area contributed by atoms with Crippen molar-refractivity contribution in [1.29, 1.82) is 0 Å². The summed E-state index contributed by atoms with van der Waals surface area (Å²) < 4.78 is 33.9. The van der Waals surface area contributed by atoms with Gasteiger partial charge in [0, 0.05) is 23.9 Å². The third-order valence-corrected chi connectivity index (χ3v) is 8.83. The van der Waals surface area contributed by atoms with Crippen LogP contribution in [0.15, 0.2) is 96.0 Å². The fourth-order valence-electron chi connectivity index (χ4n) is 5.31. The van der Waals surface area contributed by atoms with Crippen molar-refractivity contribution in [3.63, 3.8) is 0 Å². The first-order chi connectivity index (χ1) is 17.9. The van der Waals surface area contributed by atoms with Gasteiger partial charge in [0.15, 0.2) is 0 Å². The molecular formula is C30H27N3O2S2. The van der Waals surface area contributed by atoms with Gasteiger partial charge in [-0.1, -0.05) is 90.6 Å². The normalized spacial score (nSPS) is 13.4. The van der Waals surface area contributed by atoms with Crippen molar-refractivity contribution in [1.82, 2.24) is 13.7 Å². The van der Waals surface area contributed by atoms with E-state index in [1.165, 1.54) is 5.56 Å². The van der Waals surface area contributed by atoms with E-state index >= 15 is 0 Å². The summed E-state index contributed by atoms with van der Waals surface area (Å²) in [5, 5.41) is 0. The van der Waals surface area contributed by atoms with Gasteiger partial charge in [-0.15, -0.1) is 0 Å². The third kappa shape index (κ3) is 4.18. The lowest BCUT2D eigenvalue weighted by atomic mass is 9.98. The lowest BCUT2D eigenvalue weighted by Gasteiger charge is -2.13. The molecule has 0 atom stereocenters. The summed E-state index contributed by atoms with van der Waals surface area (Å²) in [6.45, 7) is 2.83. The van der Waals surface area contributed by atoms with Gasteiger partial charge in [-0.2, -0.15) is 0 Å². The van der Waals surface area contributed by atoms with Crippen molar-refractivity contribution in [3.8, 4) is 22.4 Å². The zero-order valence-electron chi connectivity index (χ0n) is 20.5. The van der Waals surface area contributed by atoms with Crippen LogP contribution in [0.2, 0.25) is 0 Å². The Hall–Kier alpha value is -3.68. The van der Waals surface area contributed by atoms with Gasteiger partial charge in [-0.05, 0) is 49.4 Å². The van der Waals surface area contributed by atoms with E-state index in [0.717, 1.165) is 59.4 Å². The average Bonchev–Trinajstić information content (AvgIpc) is 3.33. The number of aromatic nitrogens is 2. The molecule has 0 amide bonds. The van der Waals surface area contributed by atoms with Crippen LogP contribution >= 0.6 is 12.2 Å². The Labute approximate surface area is 222 Å². The highest BCUT2D eigenvalue weighted by molar-refractivity contribution is 7.92. The Morgan fingerprint density at radius 1 is 0.865 bits per heavy atom. The minimum Gasteiger partial charge on any atom is -0.325 e. The van der Waals surface area contributed by atoms with Gasteiger partial charge in [0.1, 0.15) is 10.6 Å². The van der Waals surface area contributed by atoms with Gasteiger partial charge in [0.25, 0.3) is 10.0 Å². The third-order valence-electron chi connectivity index (χ3n) is 7.04. The van der Waals surface area contributed by atoms with Gasteiger partial charge in [-0.3, -0.25) is 9.12 Å². The number of sulfonamides is 1. The highest BCUT2D eigenvalue weighted by Crippen LogP contribution is 2.39. The number of thiocarbonyl (C=S) groups is 1. The average molecular weight is 526 g/mol. The van der Waals surface area contributed by atoms with Crippen LogP contribution in [0, 0.1) is 6.92 Å². The predicted molar refractivity (Wildman–Crippen MR) is 152 cm³/mol. The first kappa shape index (κ1) is 23.7. The minimum absolute atomic E-state index is 0.193. The maximum absolute atomic E-state index is 13.3. The summed E-state index contributed by atoms with van der Waals surface area (Å²) in [5.74, 6) is 0. The molecule has 0 saturated carbocycles. The molecule has 7 heteroatoms. The van der Waals surface area contributed by atoms with Gasteiger partial charge >= 0.3 is 0 Å². The van der Waals surface area contributed by atoms with Gasteiger partial charge in [-0.25, -0.2) is 8.42 Å². The molecule has 5 aromatic rings. The number of rotatable bonds is 5. The summed E-state index contributed by atoms with van der Waals surface area (Å²) in [7, 11) is -3.85. The number of nitrogens with one attached hydrogen (secondary N) is 1. The number of hydrogen-bond donors (Lipinski definition) is 1. The van der Waals surface area contributed by atoms with E-state index in [4.69, 9.17) is 12.2 Å². The molecule has 0 bridgehead atoms. The molecule has 1 aliphatic heterocycles. The molecule has 2 aromatic heterocycles. The molecule has 0 spiro atoms. The number of benzene rings is 3. The molecule has 0 saturated heterocycles. The second-order valence-corrected chi connectivity index (χ2v) is 11.6. The van der Waals surface area contributed by atoms with E-state index < -0.39 is 10.0 Å². The van der Waals surface area contributed by atoms with Crippen LogP contribution in [-0.2, 0) is 23.0 Å². The summed E-state index contributed by atoms with van der Waals surface area (Å²) in [6.07, 6.45) is 5.14. The summed E-state index contributed by atoms with van der Waals surface area (Å²) >= 11 is 5.87. The van der Waals surface area contributed by atoms with Gasteiger partial charge in [0.2, 0.25) is 0 Å². The maximum Gasteiger partial charge on any atom is 0.262 e. The molecule has 0 radical (unpaired) electrons. The molecule has 5 nitrogen and oxygen atoms in total. The molecule has 1 aliphatic rings. The first-order valence-corrected chi connectivity index (χ1v) is 14.3. The fourth-order valence-corrected chi connectivity index (χ4v) is 6.79. The molecule has 37 heavy (non-hydrogen) atoms. The largest absolute Gasteiger partial charge is 0.325 e. The molecule has 3 heterocycles. The number of hydrogen-bond acceptors (Lipinski definition) is 3. The molecule has 6 rings (SSSR count).